The first-order valence-corrected chi connectivity index (χ1v) is 8.00. The summed E-state index contributed by atoms with van der Waals surface area (Å²) < 4.78 is 16.2. The molecule has 1 aromatic heterocycles. The molecular formula is C15H20BrFN4. The monoisotopic (exact) mass is 354 g/mol. The summed E-state index contributed by atoms with van der Waals surface area (Å²) in [5.74, 6) is 0.671. The summed E-state index contributed by atoms with van der Waals surface area (Å²) in [6, 6.07) is 5.12. The van der Waals surface area contributed by atoms with E-state index in [9.17, 15) is 4.39 Å². The Hall–Kier alpha value is -1.27. The summed E-state index contributed by atoms with van der Waals surface area (Å²) >= 11 is 3.35. The summed E-state index contributed by atoms with van der Waals surface area (Å²) in [5.41, 5.74) is 0.905. The Kier molecular flexibility index (Phi) is 5.87. The number of nitrogens with zero attached hydrogens (tertiary/aromatic N) is 3. The molecule has 0 aliphatic carbocycles. The third-order valence-electron chi connectivity index (χ3n) is 3.33. The summed E-state index contributed by atoms with van der Waals surface area (Å²) in [5, 5.41) is 7.64. The molecule has 1 aromatic carbocycles. The van der Waals surface area contributed by atoms with Crippen molar-refractivity contribution in [2.75, 3.05) is 6.54 Å². The van der Waals surface area contributed by atoms with Crippen molar-refractivity contribution in [1.29, 1.82) is 0 Å². The highest BCUT2D eigenvalue weighted by Crippen LogP contribution is 2.28. The van der Waals surface area contributed by atoms with Gasteiger partial charge in [-0.3, -0.25) is 4.68 Å². The van der Waals surface area contributed by atoms with Crippen LogP contribution in [-0.4, -0.2) is 21.3 Å². The Morgan fingerprint density at radius 1 is 1.38 bits per heavy atom. The van der Waals surface area contributed by atoms with Gasteiger partial charge in [0, 0.05) is 19.0 Å². The van der Waals surface area contributed by atoms with E-state index in [0.29, 0.717) is 10.9 Å². The minimum absolute atomic E-state index is 0.000110. The van der Waals surface area contributed by atoms with Crippen molar-refractivity contribution in [2.45, 2.75) is 39.3 Å². The molecule has 0 aliphatic heterocycles. The molecule has 0 radical (unpaired) electrons. The molecule has 0 fully saturated rings. The standard InChI is InChI=1S/C15H20BrFN4/c1-3-8-21-14(19-10-20-21)9-13(18-4-2)11-6-5-7-12(17)15(11)16/h5-7,10,13,18H,3-4,8-9H2,1-2H3. The summed E-state index contributed by atoms with van der Waals surface area (Å²) in [6.45, 7) is 5.79. The van der Waals surface area contributed by atoms with E-state index in [-0.39, 0.29) is 11.9 Å². The number of benzene rings is 1. The lowest BCUT2D eigenvalue weighted by atomic mass is 10.0. The normalized spacial score (nSPS) is 12.6. The predicted octanol–water partition coefficient (Wildman–Crippen LogP) is 3.48. The Bertz CT molecular complexity index is 585. The van der Waals surface area contributed by atoms with Gasteiger partial charge in [-0.15, -0.1) is 0 Å². The Morgan fingerprint density at radius 3 is 2.90 bits per heavy atom. The number of likely N-dealkylation sites (N-methyl/N-ethyl adjacent to an activating group) is 1. The van der Waals surface area contributed by atoms with E-state index in [1.165, 1.54) is 6.07 Å². The van der Waals surface area contributed by atoms with Crippen LogP contribution >= 0.6 is 15.9 Å². The van der Waals surface area contributed by atoms with Crippen molar-refractivity contribution < 1.29 is 4.39 Å². The number of aromatic nitrogens is 3. The van der Waals surface area contributed by atoms with Crippen molar-refractivity contribution in [1.82, 2.24) is 20.1 Å². The van der Waals surface area contributed by atoms with Gasteiger partial charge in [-0.2, -0.15) is 5.10 Å². The van der Waals surface area contributed by atoms with Gasteiger partial charge in [0.1, 0.15) is 18.0 Å². The molecule has 6 heteroatoms. The van der Waals surface area contributed by atoms with Crippen LogP contribution < -0.4 is 5.32 Å². The fourth-order valence-corrected chi connectivity index (χ4v) is 2.90. The van der Waals surface area contributed by atoms with Gasteiger partial charge in [0.05, 0.1) is 4.47 Å². The van der Waals surface area contributed by atoms with Gasteiger partial charge in [-0.25, -0.2) is 9.37 Å². The maximum Gasteiger partial charge on any atom is 0.138 e. The van der Waals surface area contributed by atoms with Crippen molar-refractivity contribution in [3.05, 3.63) is 46.2 Å². The van der Waals surface area contributed by atoms with Gasteiger partial charge in [0.25, 0.3) is 0 Å². The number of nitrogens with one attached hydrogen (secondary N) is 1. The highest BCUT2D eigenvalue weighted by atomic mass is 79.9. The fourth-order valence-electron chi connectivity index (χ4n) is 2.36. The lowest BCUT2D eigenvalue weighted by Gasteiger charge is -2.20. The average Bonchev–Trinajstić information content (AvgIpc) is 2.89. The van der Waals surface area contributed by atoms with Crippen LogP contribution in [0.2, 0.25) is 0 Å². The van der Waals surface area contributed by atoms with Crippen LogP contribution in [0.3, 0.4) is 0 Å². The summed E-state index contributed by atoms with van der Waals surface area (Å²) in [6.07, 6.45) is 3.26. The molecule has 2 aromatic rings. The van der Waals surface area contributed by atoms with Gasteiger partial charge < -0.3 is 5.32 Å². The number of halogens is 2. The topological polar surface area (TPSA) is 42.7 Å². The molecular weight excluding hydrogens is 335 g/mol. The SMILES string of the molecule is CCCn1ncnc1CC(NCC)c1cccc(F)c1Br. The average molecular weight is 355 g/mol. The molecule has 0 saturated heterocycles. The minimum Gasteiger partial charge on any atom is -0.310 e. The lowest BCUT2D eigenvalue weighted by molar-refractivity contribution is 0.494. The smallest absolute Gasteiger partial charge is 0.138 e. The molecule has 4 nitrogen and oxygen atoms in total. The quantitative estimate of drug-likeness (QED) is 0.827. The van der Waals surface area contributed by atoms with Crippen LogP contribution in [0.5, 0.6) is 0 Å². The van der Waals surface area contributed by atoms with Crippen molar-refractivity contribution in [3.8, 4) is 0 Å². The summed E-state index contributed by atoms with van der Waals surface area (Å²) in [4.78, 5) is 4.34. The highest BCUT2D eigenvalue weighted by Gasteiger charge is 2.18. The molecule has 0 saturated carbocycles. The number of hydrogen-bond donors (Lipinski definition) is 1. The second-order valence-electron chi connectivity index (χ2n) is 4.86. The van der Waals surface area contributed by atoms with Crippen molar-refractivity contribution >= 4 is 15.9 Å². The van der Waals surface area contributed by atoms with Crippen LogP contribution in [0, 0.1) is 5.82 Å². The Labute approximate surface area is 132 Å². The van der Waals surface area contributed by atoms with Gasteiger partial charge in [-0.05, 0) is 40.5 Å². The fraction of sp³-hybridized carbons (Fsp3) is 0.467. The van der Waals surface area contributed by atoms with Gasteiger partial charge in [-0.1, -0.05) is 26.0 Å². The van der Waals surface area contributed by atoms with Crippen LogP contribution in [0.4, 0.5) is 4.39 Å². The molecule has 0 amide bonds. The van der Waals surface area contributed by atoms with E-state index >= 15 is 0 Å². The minimum atomic E-state index is -0.245. The second-order valence-corrected chi connectivity index (χ2v) is 5.65. The van der Waals surface area contributed by atoms with E-state index in [1.54, 1.807) is 12.4 Å². The third kappa shape index (κ3) is 3.89. The molecule has 1 atom stereocenters. The first-order chi connectivity index (χ1) is 10.2. The molecule has 114 valence electrons. The molecule has 1 unspecified atom stereocenters. The van der Waals surface area contributed by atoms with E-state index < -0.39 is 0 Å². The van der Waals surface area contributed by atoms with Crippen LogP contribution in [-0.2, 0) is 13.0 Å². The highest BCUT2D eigenvalue weighted by molar-refractivity contribution is 9.10. The van der Waals surface area contributed by atoms with Crippen LogP contribution in [0.1, 0.15) is 37.7 Å². The first kappa shape index (κ1) is 16.1. The number of hydrogen-bond acceptors (Lipinski definition) is 3. The van der Waals surface area contributed by atoms with E-state index in [1.807, 2.05) is 17.7 Å². The maximum absolute atomic E-state index is 13.8. The lowest BCUT2D eigenvalue weighted by Crippen LogP contribution is -2.25. The molecule has 1 heterocycles. The van der Waals surface area contributed by atoms with Gasteiger partial charge >= 0.3 is 0 Å². The Morgan fingerprint density at radius 2 is 2.19 bits per heavy atom. The third-order valence-corrected chi connectivity index (χ3v) is 4.16. The largest absolute Gasteiger partial charge is 0.310 e. The van der Waals surface area contributed by atoms with E-state index in [2.05, 4.69) is 38.3 Å². The van der Waals surface area contributed by atoms with Gasteiger partial charge in [0.15, 0.2) is 0 Å². The van der Waals surface area contributed by atoms with Gasteiger partial charge in [0.2, 0.25) is 0 Å². The number of rotatable bonds is 7. The molecule has 21 heavy (non-hydrogen) atoms. The van der Waals surface area contributed by atoms with Crippen molar-refractivity contribution in [3.63, 3.8) is 0 Å². The first-order valence-electron chi connectivity index (χ1n) is 7.21. The molecule has 0 aliphatic rings. The van der Waals surface area contributed by atoms with Crippen LogP contribution in [0.25, 0.3) is 0 Å². The summed E-state index contributed by atoms with van der Waals surface area (Å²) in [7, 11) is 0. The maximum atomic E-state index is 13.8. The molecule has 2 rings (SSSR count). The van der Waals surface area contributed by atoms with Crippen molar-refractivity contribution in [2.24, 2.45) is 0 Å². The molecule has 0 spiro atoms. The number of aryl methyl sites for hydroxylation is 1. The zero-order valence-corrected chi connectivity index (χ0v) is 13.9. The van der Waals surface area contributed by atoms with Crippen LogP contribution in [0.15, 0.2) is 29.0 Å². The Balaban J connectivity index is 2.26. The predicted molar refractivity (Wildman–Crippen MR) is 84.5 cm³/mol. The molecule has 0 bridgehead atoms. The van der Waals surface area contributed by atoms with E-state index in [4.69, 9.17) is 0 Å². The zero-order valence-electron chi connectivity index (χ0n) is 12.3. The van der Waals surface area contributed by atoms with E-state index in [0.717, 1.165) is 30.9 Å². The zero-order chi connectivity index (χ0) is 15.2. The second kappa shape index (κ2) is 7.66. The molecule has 1 N–H and O–H groups in total.